The zero-order valence-electron chi connectivity index (χ0n) is 14.1. The second-order valence-corrected chi connectivity index (χ2v) is 11.3. The van der Waals surface area contributed by atoms with E-state index in [9.17, 15) is 13.2 Å². The lowest BCUT2D eigenvalue weighted by Crippen LogP contribution is -2.55. The lowest BCUT2D eigenvalue weighted by molar-refractivity contribution is -0.126. The molecule has 0 unspecified atom stereocenters. The molecule has 5 heteroatoms. The molecule has 4 bridgehead atoms. The Morgan fingerprint density at radius 2 is 1.70 bits per heavy atom. The highest BCUT2D eigenvalue weighted by Gasteiger charge is 2.53. The Morgan fingerprint density at radius 3 is 2.17 bits per heavy atom. The van der Waals surface area contributed by atoms with E-state index < -0.39 is 9.84 Å². The minimum Gasteiger partial charge on any atom is -0.353 e. The molecule has 4 aliphatic carbocycles. The number of hydrogen-bond acceptors (Lipinski definition) is 3. The van der Waals surface area contributed by atoms with E-state index in [4.69, 9.17) is 0 Å². The average Bonchev–Trinajstić information content (AvgIpc) is 2.76. The highest BCUT2D eigenvalue weighted by molar-refractivity contribution is 7.91. The van der Waals surface area contributed by atoms with Gasteiger partial charge in [0.15, 0.2) is 9.84 Å². The van der Waals surface area contributed by atoms with Crippen molar-refractivity contribution in [3.05, 3.63) is 0 Å². The molecule has 1 N–H and O–H groups in total. The number of carbonyl (C=O) groups excluding carboxylic acids is 1. The summed E-state index contributed by atoms with van der Waals surface area (Å²) < 4.78 is 23.1. The summed E-state index contributed by atoms with van der Waals surface area (Å²) in [6, 6.07) is 0.237. The van der Waals surface area contributed by atoms with Gasteiger partial charge in [0, 0.05) is 12.5 Å². The van der Waals surface area contributed by atoms with Gasteiger partial charge in [0.05, 0.1) is 11.5 Å². The first kappa shape index (κ1) is 15.9. The molecule has 5 aliphatic rings. The first-order chi connectivity index (χ1) is 10.8. The van der Waals surface area contributed by atoms with Gasteiger partial charge in [-0.3, -0.25) is 4.79 Å². The summed E-state index contributed by atoms with van der Waals surface area (Å²) in [6.07, 6.45) is 9.16. The van der Waals surface area contributed by atoms with E-state index in [0.29, 0.717) is 18.3 Å². The monoisotopic (exact) mass is 339 g/mol. The highest BCUT2D eigenvalue weighted by atomic mass is 32.2. The molecule has 5 fully saturated rings. The molecule has 0 aromatic heterocycles. The Bertz CT molecular complexity index is 562. The maximum Gasteiger partial charge on any atom is 0.220 e. The van der Waals surface area contributed by atoms with Crippen LogP contribution in [0, 0.1) is 29.1 Å². The van der Waals surface area contributed by atoms with Gasteiger partial charge in [-0.2, -0.15) is 0 Å². The van der Waals surface area contributed by atoms with Gasteiger partial charge in [0.1, 0.15) is 0 Å². The number of rotatable bonds is 4. The van der Waals surface area contributed by atoms with Gasteiger partial charge in [-0.05, 0) is 81.0 Å². The van der Waals surface area contributed by atoms with Gasteiger partial charge in [-0.1, -0.05) is 0 Å². The molecule has 2 atom stereocenters. The highest BCUT2D eigenvalue weighted by Crippen LogP contribution is 2.61. The Kier molecular flexibility index (Phi) is 3.78. The van der Waals surface area contributed by atoms with Gasteiger partial charge >= 0.3 is 0 Å². The Morgan fingerprint density at radius 1 is 1.13 bits per heavy atom. The van der Waals surface area contributed by atoms with Crippen molar-refractivity contribution in [1.29, 1.82) is 0 Å². The van der Waals surface area contributed by atoms with Crippen LogP contribution in [0.25, 0.3) is 0 Å². The Labute approximate surface area is 139 Å². The number of sulfone groups is 1. The molecule has 1 amide bonds. The van der Waals surface area contributed by atoms with E-state index in [1.807, 2.05) is 0 Å². The van der Waals surface area contributed by atoms with Crippen LogP contribution in [-0.2, 0) is 14.6 Å². The topological polar surface area (TPSA) is 63.2 Å². The third-order valence-electron chi connectivity index (χ3n) is 7.18. The molecule has 130 valence electrons. The zero-order valence-corrected chi connectivity index (χ0v) is 14.9. The van der Waals surface area contributed by atoms with Crippen molar-refractivity contribution in [2.24, 2.45) is 29.1 Å². The van der Waals surface area contributed by atoms with E-state index in [1.165, 1.54) is 38.5 Å². The summed E-state index contributed by atoms with van der Waals surface area (Å²) in [5.41, 5.74) is 0.326. The summed E-state index contributed by atoms with van der Waals surface area (Å²) >= 11 is 0. The fraction of sp³-hybridized carbons (Fsp3) is 0.944. The predicted octanol–water partition coefficient (Wildman–Crippen LogP) is 2.53. The van der Waals surface area contributed by atoms with Crippen LogP contribution in [0.5, 0.6) is 0 Å². The first-order valence-electron chi connectivity index (χ1n) is 9.33. The van der Waals surface area contributed by atoms with Crippen molar-refractivity contribution in [3.63, 3.8) is 0 Å². The smallest absolute Gasteiger partial charge is 0.220 e. The molecule has 0 aromatic rings. The maximum atomic E-state index is 12.4. The lowest BCUT2D eigenvalue weighted by Gasteiger charge is -2.59. The van der Waals surface area contributed by atoms with Gasteiger partial charge in [0.2, 0.25) is 5.91 Å². The van der Waals surface area contributed by atoms with Crippen molar-refractivity contribution >= 4 is 15.7 Å². The number of hydrogen-bond donors (Lipinski definition) is 1. The minimum atomic E-state index is -2.89. The van der Waals surface area contributed by atoms with E-state index >= 15 is 0 Å². The molecule has 5 rings (SSSR count). The average molecular weight is 340 g/mol. The first-order valence-corrected chi connectivity index (χ1v) is 11.2. The van der Waals surface area contributed by atoms with Crippen LogP contribution in [0.2, 0.25) is 0 Å². The van der Waals surface area contributed by atoms with Crippen molar-refractivity contribution in [3.8, 4) is 0 Å². The van der Waals surface area contributed by atoms with E-state index in [0.717, 1.165) is 17.8 Å². The second-order valence-electron chi connectivity index (χ2n) is 9.04. The zero-order chi connectivity index (χ0) is 16.2. The number of nitrogens with one attached hydrogen (secondary N) is 1. The molecule has 1 aliphatic heterocycles. The standard InChI is InChI=1S/C18H29NO3S/c1-12(19-17(20)7-13-2-3-23(21,22)11-13)18-8-14-4-15(9-18)6-16(5-14)10-18/h12-16H,2-11H2,1H3,(H,19,20)/t12-,13-,14?,15?,16?,18?/m0/s1. The van der Waals surface area contributed by atoms with E-state index in [1.54, 1.807) is 0 Å². The van der Waals surface area contributed by atoms with Crippen molar-refractivity contribution in [2.45, 2.75) is 64.3 Å². The largest absolute Gasteiger partial charge is 0.353 e. The van der Waals surface area contributed by atoms with Crippen LogP contribution < -0.4 is 5.32 Å². The Balaban J connectivity index is 1.36. The van der Waals surface area contributed by atoms with Gasteiger partial charge in [-0.25, -0.2) is 8.42 Å². The molecular formula is C18H29NO3S. The van der Waals surface area contributed by atoms with Crippen LogP contribution >= 0.6 is 0 Å². The lowest BCUT2D eigenvalue weighted by atomic mass is 9.48. The summed E-state index contributed by atoms with van der Waals surface area (Å²) in [5.74, 6) is 3.22. The third kappa shape index (κ3) is 3.06. The van der Waals surface area contributed by atoms with Crippen LogP contribution in [-0.4, -0.2) is 31.9 Å². The maximum absolute atomic E-state index is 12.4. The molecule has 0 aromatic carbocycles. The molecule has 1 heterocycles. The van der Waals surface area contributed by atoms with Gasteiger partial charge in [0.25, 0.3) is 0 Å². The quantitative estimate of drug-likeness (QED) is 0.856. The molecule has 4 nitrogen and oxygen atoms in total. The molecule has 1 saturated heterocycles. The summed E-state index contributed by atoms with van der Waals surface area (Å²) in [7, 11) is -2.89. The summed E-state index contributed by atoms with van der Waals surface area (Å²) in [5, 5.41) is 3.26. The number of carbonyl (C=O) groups is 1. The molecular weight excluding hydrogens is 310 g/mol. The van der Waals surface area contributed by atoms with Gasteiger partial charge in [-0.15, -0.1) is 0 Å². The van der Waals surface area contributed by atoms with Crippen LogP contribution in [0.1, 0.15) is 58.3 Å². The van der Waals surface area contributed by atoms with Crippen LogP contribution in [0.3, 0.4) is 0 Å². The summed E-state index contributed by atoms with van der Waals surface area (Å²) in [4.78, 5) is 12.4. The van der Waals surface area contributed by atoms with E-state index in [2.05, 4.69) is 12.2 Å². The molecule has 4 saturated carbocycles. The second kappa shape index (κ2) is 5.47. The van der Waals surface area contributed by atoms with Crippen molar-refractivity contribution in [2.75, 3.05) is 11.5 Å². The Hall–Kier alpha value is -0.580. The molecule has 23 heavy (non-hydrogen) atoms. The molecule has 0 spiro atoms. The van der Waals surface area contributed by atoms with Crippen molar-refractivity contribution < 1.29 is 13.2 Å². The number of amides is 1. The fourth-order valence-electron chi connectivity index (χ4n) is 6.46. The normalized spacial score (nSPS) is 45.1. The third-order valence-corrected chi connectivity index (χ3v) is 9.02. The summed E-state index contributed by atoms with van der Waals surface area (Å²) in [6.45, 7) is 2.19. The fourth-order valence-corrected chi connectivity index (χ4v) is 8.32. The minimum absolute atomic E-state index is 0.0311. The van der Waals surface area contributed by atoms with Crippen molar-refractivity contribution in [1.82, 2.24) is 5.32 Å². The van der Waals surface area contributed by atoms with Crippen LogP contribution in [0.15, 0.2) is 0 Å². The predicted molar refractivity (Wildman–Crippen MR) is 89.6 cm³/mol. The van der Waals surface area contributed by atoms with Gasteiger partial charge < -0.3 is 5.32 Å². The SMILES string of the molecule is C[C@H](NC(=O)C[C@@H]1CCS(=O)(=O)C1)C12CC3CC(CC(C3)C1)C2. The van der Waals surface area contributed by atoms with E-state index in [-0.39, 0.29) is 29.4 Å². The molecule has 0 radical (unpaired) electrons. The van der Waals surface area contributed by atoms with Crippen LogP contribution in [0.4, 0.5) is 0 Å².